The average Bonchev–Trinajstić information content (AvgIpc) is 3.50. The molecule has 12 heteroatoms. The molecular weight excluding hydrogens is 730 g/mol. The van der Waals surface area contributed by atoms with Gasteiger partial charge in [-0.2, -0.15) is 0 Å². The molecule has 2 amide bonds. The molecule has 2 heterocycles. The van der Waals surface area contributed by atoms with Gasteiger partial charge in [-0.15, -0.1) is 0 Å². The van der Waals surface area contributed by atoms with Gasteiger partial charge < -0.3 is 28.4 Å². The van der Waals surface area contributed by atoms with Crippen LogP contribution in [0.4, 0.5) is 0 Å². The molecular formula is C45H39NO11. The third-order valence-corrected chi connectivity index (χ3v) is 9.55. The SMILES string of the molecule is CC(=O)OC1OC(C(COC(=O)c2ccccc2)OC(=O)c2ccccc2)C(OCc2ccccc2)C(OCc2ccccc2)C1N1C(=O)c2ccccc2C1=O. The van der Waals surface area contributed by atoms with Crippen LogP contribution in [-0.4, -0.2) is 78.0 Å². The lowest BCUT2D eigenvalue weighted by Gasteiger charge is -2.49. The van der Waals surface area contributed by atoms with Crippen LogP contribution in [0, 0.1) is 0 Å². The highest BCUT2D eigenvalue weighted by Crippen LogP contribution is 2.38. The first kappa shape index (κ1) is 38.8. The predicted octanol–water partition coefficient (Wildman–Crippen LogP) is 6.19. The summed E-state index contributed by atoms with van der Waals surface area (Å²) in [5, 5.41) is 0. The summed E-state index contributed by atoms with van der Waals surface area (Å²) in [6.07, 6.45) is -6.97. The van der Waals surface area contributed by atoms with Crippen LogP contribution < -0.4 is 0 Å². The van der Waals surface area contributed by atoms with E-state index in [9.17, 15) is 24.0 Å². The van der Waals surface area contributed by atoms with Crippen LogP contribution in [0.3, 0.4) is 0 Å². The van der Waals surface area contributed by atoms with E-state index >= 15 is 0 Å². The number of carbonyl (C=O) groups excluding carboxylic acids is 5. The van der Waals surface area contributed by atoms with E-state index in [1.165, 1.54) is 12.1 Å². The van der Waals surface area contributed by atoms with E-state index in [4.69, 9.17) is 28.4 Å². The Hall–Kier alpha value is -6.47. The molecule has 1 fully saturated rings. The fourth-order valence-corrected chi connectivity index (χ4v) is 6.86. The highest BCUT2D eigenvalue weighted by molar-refractivity contribution is 6.21. The Balaban J connectivity index is 1.33. The lowest BCUT2D eigenvalue weighted by atomic mass is 9.91. The van der Waals surface area contributed by atoms with Crippen molar-refractivity contribution in [2.45, 2.75) is 56.9 Å². The van der Waals surface area contributed by atoms with E-state index in [1.807, 2.05) is 60.7 Å². The molecule has 0 aromatic heterocycles. The van der Waals surface area contributed by atoms with Crippen molar-refractivity contribution in [3.05, 3.63) is 179 Å². The van der Waals surface area contributed by atoms with Crippen molar-refractivity contribution in [3.63, 3.8) is 0 Å². The molecule has 5 aromatic carbocycles. The molecule has 2 aliphatic heterocycles. The number of carbonyl (C=O) groups is 5. The van der Waals surface area contributed by atoms with E-state index in [0.717, 1.165) is 23.0 Å². The molecule has 0 saturated carbocycles. The molecule has 7 rings (SSSR count). The quantitative estimate of drug-likeness (QED) is 0.0725. The van der Waals surface area contributed by atoms with Gasteiger partial charge >= 0.3 is 17.9 Å². The first-order chi connectivity index (χ1) is 27.8. The second-order valence-electron chi connectivity index (χ2n) is 13.4. The Bertz CT molecular complexity index is 2150. The van der Waals surface area contributed by atoms with E-state index < -0.39 is 73.1 Å². The van der Waals surface area contributed by atoms with Crippen molar-refractivity contribution in [2.24, 2.45) is 0 Å². The van der Waals surface area contributed by atoms with Gasteiger partial charge in [-0.25, -0.2) is 9.59 Å². The highest BCUT2D eigenvalue weighted by Gasteiger charge is 2.58. The molecule has 2 aliphatic rings. The van der Waals surface area contributed by atoms with E-state index in [2.05, 4.69) is 0 Å². The molecule has 0 aliphatic carbocycles. The zero-order chi connectivity index (χ0) is 39.7. The van der Waals surface area contributed by atoms with Crippen molar-refractivity contribution in [1.82, 2.24) is 4.90 Å². The molecule has 0 radical (unpaired) electrons. The van der Waals surface area contributed by atoms with Gasteiger partial charge in [0, 0.05) is 6.92 Å². The van der Waals surface area contributed by atoms with Crippen LogP contribution in [-0.2, 0) is 46.4 Å². The first-order valence-electron chi connectivity index (χ1n) is 18.4. The fourth-order valence-electron chi connectivity index (χ4n) is 6.86. The van der Waals surface area contributed by atoms with E-state index in [-0.39, 0.29) is 35.5 Å². The topological polar surface area (TPSA) is 144 Å². The number of hydrogen-bond acceptors (Lipinski definition) is 11. The molecule has 290 valence electrons. The molecule has 12 nitrogen and oxygen atoms in total. The zero-order valence-corrected chi connectivity index (χ0v) is 30.9. The van der Waals surface area contributed by atoms with Crippen LogP contribution in [0.25, 0.3) is 0 Å². The minimum absolute atomic E-state index is 0.0210. The Kier molecular flexibility index (Phi) is 12.2. The molecule has 6 unspecified atom stereocenters. The minimum atomic E-state index is -1.66. The average molecular weight is 770 g/mol. The minimum Gasteiger partial charge on any atom is -0.458 e. The van der Waals surface area contributed by atoms with Gasteiger partial charge in [-0.3, -0.25) is 19.3 Å². The van der Waals surface area contributed by atoms with Gasteiger partial charge in [0.1, 0.15) is 31.0 Å². The van der Waals surface area contributed by atoms with Crippen LogP contribution in [0.1, 0.15) is 59.5 Å². The van der Waals surface area contributed by atoms with Gasteiger partial charge in [0.25, 0.3) is 11.8 Å². The normalized spacial score (nSPS) is 20.6. The van der Waals surface area contributed by atoms with E-state index in [0.29, 0.717) is 0 Å². The highest BCUT2D eigenvalue weighted by atomic mass is 16.7. The molecule has 0 spiro atoms. The van der Waals surface area contributed by atoms with Crippen molar-refractivity contribution < 1.29 is 52.4 Å². The number of ether oxygens (including phenoxy) is 6. The molecule has 0 bridgehead atoms. The lowest BCUT2D eigenvalue weighted by Crippen LogP contribution is -2.69. The van der Waals surface area contributed by atoms with Gasteiger partial charge in [0.05, 0.1) is 35.5 Å². The van der Waals surface area contributed by atoms with E-state index in [1.54, 1.807) is 72.8 Å². The van der Waals surface area contributed by atoms with Crippen molar-refractivity contribution >= 4 is 29.7 Å². The Morgan fingerprint density at radius 3 is 1.58 bits per heavy atom. The number of hydrogen-bond donors (Lipinski definition) is 0. The monoisotopic (exact) mass is 769 g/mol. The summed E-state index contributed by atoms with van der Waals surface area (Å²) in [6, 6.07) is 39.8. The summed E-state index contributed by atoms with van der Waals surface area (Å²) in [6.45, 7) is 0.572. The molecule has 0 N–H and O–H groups in total. The second kappa shape index (κ2) is 18.0. The largest absolute Gasteiger partial charge is 0.458 e. The fraction of sp³-hybridized carbons (Fsp3) is 0.222. The summed E-state index contributed by atoms with van der Waals surface area (Å²) < 4.78 is 37.5. The van der Waals surface area contributed by atoms with Crippen LogP contribution >= 0.6 is 0 Å². The van der Waals surface area contributed by atoms with Gasteiger partial charge in [-0.05, 0) is 47.5 Å². The Morgan fingerprint density at radius 2 is 1.07 bits per heavy atom. The maximum Gasteiger partial charge on any atom is 0.338 e. The van der Waals surface area contributed by atoms with Crippen molar-refractivity contribution in [3.8, 4) is 0 Å². The number of benzene rings is 5. The van der Waals surface area contributed by atoms with Crippen molar-refractivity contribution in [1.29, 1.82) is 0 Å². The second-order valence-corrected chi connectivity index (χ2v) is 13.4. The van der Waals surface area contributed by atoms with Crippen LogP contribution in [0.5, 0.6) is 0 Å². The third-order valence-electron chi connectivity index (χ3n) is 9.55. The number of amides is 2. The molecule has 1 saturated heterocycles. The zero-order valence-electron chi connectivity index (χ0n) is 30.9. The maximum atomic E-state index is 14.2. The van der Waals surface area contributed by atoms with Gasteiger partial charge in [0.2, 0.25) is 6.29 Å². The van der Waals surface area contributed by atoms with Gasteiger partial charge in [0.15, 0.2) is 6.10 Å². The number of fused-ring (bicyclic) bond motifs is 1. The standard InChI is InChI=1S/C45H39NO11/c1-29(47)55-45-37(46-41(48)34-24-14-15-25-35(34)42(46)49)39(52-26-30-16-6-2-7-17-30)40(53-27-31-18-8-3-9-19-31)38(57-45)36(56-44(51)33-22-12-5-13-23-33)28-54-43(50)32-20-10-4-11-21-32/h2-25,36-40,45H,26-28H2,1H3. The third kappa shape index (κ3) is 9.00. The Labute approximate surface area is 328 Å². The summed E-state index contributed by atoms with van der Waals surface area (Å²) in [7, 11) is 0. The lowest BCUT2D eigenvalue weighted by molar-refractivity contribution is -0.299. The van der Waals surface area contributed by atoms with Crippen molar-refractivity contribution in [2.75, 3.05) is 6.61 Å². The van der Waals surface area contributed by atoms with Gasteiger partial charge in [-0.1, -0.05) is 109 Å². The molecule has 6 atom stereocenters. The molecule has 5 aromatic rings. The summed E-state index contributed by atoms with van der Waals surface area (Å²) in [4.78, 5) is 69.2. The number of rotatable bonds is 14. The maximum absolute atomic E-state index is 14.2. The summed E-state index contributed by atoms with van der Waals surface area (Å²) in [5.74, 6) is -3.57. The predicted molar refractivity (Wildman–Crippen MR) is 204 cm³/mol. The van der Waals surface area contributed by atoms with Crippen LogP contribution in [0.15, 0.2) is 146 Å². The molecule has 57 heavy (non-hydrogen) atoms. The first-order valence-corrected chi connectivity index (χ1v) is 18.4. The smallest absolute Gasteiger partial charge is 0.338 e. The number of esters is 3. The number of imide groups is 1. The number of nitrogens with zero attached hydrogens (tertiary/aromatic N) is 1. The van der Waals surface area contributed by atoms with Crippen LogP contribution in [0.2, 0.25) is 0 Å². The summed E-state index contributed by atoms with van der Waals surface area (Å²) >= 11 is 0. The summed E-state index contributed by atoms with van der Waals surface area (Å²) in [5.41, 5.74) is 2.25. The Morgan fingerprint density at radius 1 is 0.614 bits per heavy atom.